The third kappa shape index (κ3) is 5.22. The monoisotopic (exact) mass is 539 g/mol. The van der Waals surface area contributed by atoms with Gasteiger partial charge in [0.05, 0.1) is 47.1 Å². The molecule has 3 aromatic heterocycles. The van der Waals surface area contributed by atoms with E-state index >= 15 is 0 Å². The number of pyridine rings is 2. The van der Waals surface area contributed by atoms with Crippen molar-refractivity contribution in [3.63, 3.8) is 0 Å². The fourth-order valence-corrected chi connectivity index (χ4v) is 5.24. The van der Waals surface area contributed by atoms with Crippen molar-refractivity contribution in [1.29, 1.82) is 5.26 Å². The molecule has 6 rings (SSSR count). The maximum Gasteiger partial charge on any atom is 0.290 e. The number of carbonyl (C=O) groups excluding carboxylic acids is 1. The van der Waals surface area contributed by atoms with Gasteiger partial charge in [-0.2, -0.15) is 5.26 Å². The Kier molecular flexibility index (Phi) is 7.72. The molecule has 1 saturated heterocycles. The Balaban J connectivity index is 0.00000103. The largest absolute Gasteiger partial charge is 0.483 e. The highest BCUT2D eigenvalue weighted by Gasteiger charge is 2.28. The third-order valence-electron chi connectivity index (χ3n) is 6.99. The van der Waals surface area contributed by atoms with Crippen LogP contribution in [0.3, 0.4) is 0 Å². The van der Waals surface area contributed by atoms with E-state index in [1.807, 2.05) is 42.9 Å². The van der Waals surface area contributed by atoms with E-state index in [1.54, 1.807) is 18.3 Å². The predicted molar refractivity (Wildman–Crippen MR) is 148 cm³/mol. The molecule has 0 spiro atoms. The van der Waals surface area contributed by atoms with Crippen molar-refractivity contribution in [2.24, 2.45) is 0 Å². The maximum absolute atomic E-state index is 12.9. The molecular formula is C29H29N7O4. The summed E-state index contributed by atoms with van der Waals surface area (Å²) < 4.78 is 7.56. The number of nitrogens with zero attached hydrogens (tertiary/aromatic N) is 5. The second-order valence-electron chi connectivity index (χ2n) is 9.86. The molecule has 1 aromatic carbocycles. The summed E-state index contributed by atoms with van der Waals surface area (Å²) in [7, 11) is 4.07. The van der Waals surface area contributed by atoms with Crippen molar-refractivity contribution in [2.75, 3.05) is 32.6 Å². The van der Waals surface area contributed by atoms with Gasteiger partial charge in [0.1, 0.15) is 11.5 Å². The number of anilines is 2. The van der Waals surface area contributed by atoms with E-state index in [2.05, 4.69) is 32.7 Å². The maximum atomic E-state index is 12.9. The molecule has 40 heavy (non-hydrogen) atoms. The summed E-state index contributed by atoms with van der Waals surface area (Å²) in [5.74, 6) is 0.946. The van der Waals surface area contributed by atoms with Gasteiger partial charge >= 0.3 is 0 Å². The van der Waals surface area contributed by atoms with Gasteiger partial charge in [0.2, 0.25) is 0 Å². The number of aromatic nitrogens is 3. The molecule has 3 N–H and O–H groups in total. The van der Waals surface area contributed by atoms with E-state index in [4.69, 9.17) is 19.6 Å². The minimum atomic E-state index is -0.250. The standard InChI is InChI=1S/C28H27N7O2.CH2O2/c1-34(2)15-23-19(18-8-10-37-16-18)4-6-25(33-23)32-22-5-3-20(21-13-31-28(36)27(21)22)24-14-30-26-11-17(12-29)7-9-35(24)26;2-1-3/h3-7,9,11,14,18H,8,10,13,15-16H2,1-2H3,(H,31,36)(H,32,33);1H,(H,2,3). The molecule has 1 atom stereocenters. The van der Waals surface area contributed by atoms with Gasteiger partial charge in [0.15, 0.2) is 0 Å². The molecule has 11 heteroatoms. The average molecular weight is 540 g/mol. The van der Waals surface area contributed by atoms with Crippen LogP contribution in [-0.4, -0.2) is 64.1 Å². The number of hydrogen-bond donors (Lipinski definition) is 3. The van der Waals surface area contributed by atoms with Crippen molar-refractivity contribution < 1.29 is 19.4 Å². The van der Waals surface area contributed by atoms with Crippen LogP contribution >= 0.6 is 0 Å². The van der Waals surface area contributed by atoms with Gasteiger partial charge in [-0.1, -0.05) is 12.1 Å². The van der Waals surface area contributed by atoms with Crippen LogP contribution in [0.15, 0.2) is 48.8 Å². The number of nitriles is 1. The van der Waals surface area contributed by atoms with Crippen LogP contribution in [0.4, 0.5) is 11.5 Å². The first-order valence-electron chi connectivity index (χ1n) is 12.8. The van der Waals surface area contributed by atoms with Crippen LogP contribution in [-0.2, 0) is 22.6 Å². The normalized spacial score (nSPS) is 15.8. The zero-order chi connectivity index (χ0) is 28.2. The molecule has 0 radical (unpaired) electrons. The van der Waals surface area contributed by atoms with Crippen LogP contribution < -0.4 is 10.6 Å². The number of amides is 1. The van der Waals surface area contributed by atoms with Gasteiger partial charge in [0.25, 0.3) is 12.4 Å². The van der Waals surface area contributed by atoms with Crippen LogP contribution in [0.2, 0.25) is 0 Å². The number of carboxylic acid groups (broad SMARTS) is 1. The van der Waals surface area contributed by atoms with Crippen LogP contribution in [0, 0.1) is 11.3 Å². The number of rotatable bonds is 6. The van der Waals surface area contributed by atoms with E-state index in [-0.39, 0.29) is 12.4 Å². The Labute approximate surface area is 231 Å². The third-order valence-corrected chi connectivity index (χ3v) is 6.99. The van der Waals surface area contributed by atoms with Crippen molar-refractivity contribution in [1.82, 2.24) is 24.6 Å². The lowest BCUT2D eigenvalue weighted by atomic mass is 9.96. The predicted octanol–water partition coefficient (Wildman–Crippen LogP) is 3.52. The highest BCUT2D eigenvalue weighted by Crippen LogP contribution is 2.36. The minimum Gasteiger partial charge on any atom is -0.483 e. The topological polar surface area (TPSA) is 145 Å². The van der Waals surface area contributed by atoms with Crippen molar-refractivity contribution in [2.45, 2.75) is 25.4 Å². The van der Waals surface area contributed by atoms with Gasteiger partial charge < -0.3 is 25.4 Å². The van der Waals surface area contributed by atoms with Gasteiger partial charge in [-0.05, 0) is 55.9 Å². The molecule has 11 nitrogen and oxygen atoms in total. The van der Waals surface area contributed by atoms with Gasteiger partial charge in [0, 0.05) is 37.4 Å². The number of fused-ring (bicyclic) bond motifs is 2. The summed E-state index contributed by atoms with van der Waals surface area (Å²) in [4.78, 5) is 32.8. The molecule has 2 aliphatic heterocycles. The molecule has 5 heterocycles. The van der Waals surface area contributed by atoms with Crippen molar-refractivity contribution in [3.8, 4) is 17.3 Å². The molecule has 204 valence electrons. The molecule has 1 fully saturated rings. The van der Waals surface area contributed by atoms with Crippen LogP contribution in [0.5, 0.6) is 0 Å². The number of hydrogen-bond acceptors (Lipinski definition) is 8. The lowest BCUT2D eigenvalue weighted by molar-refractivity contribution is -0.122. The molecular weight excluding hydrogens is 510 g/mol. The SMILES string of the molecule is CN(C)Cc1nc(Nc2ccc(-c3cnc4cc(C#N)ccn34)c3c2C(=O)NC3)ccc1C1CCOC1.O=CO. The Morgan fingerprint density at radius 2 is 2.12 bits per heavy atom. The Hall–Kier alpha value is -4.79. The average Bonchev–Trinajstić information content (AvgIpc) is 3.70. The second-order valence-corrected chi connectivity index (χ2v) is 9.86. The summed E-state index contributed by atoms with van der Waals surface area (Å²) in [5.41, 5.74) is 7.52. The Morgan fingerprint density at radius 3 is 2.85 bits per heavy atom. The smallest absolute Gasteiger partial charge is 0.290 e. The number of benzene rings is 1. The van der Waals surface area contributed by atoms with Gasteiger partial charge in [-0.15, -0.1) is 0 Å². The van der Waals surface area contributed by atoms with Crippen molar-refractivity contribution >= 4 is 29.5 Å². The highest BCUT2D eigenvalue weighted by atomic mass is 16.5. The fourth-order valence-electron chi connectivity index (χ4n) is 5.24. The minimum absolute atomic E-state index is 0.117. The van der Waals surface area contributed by atoms with Gasteiger partial charge in [-0.3, -0.25) is 14.0 Å². The lowest BCUT2D eigenvalue weighted by Gasteiger charge is -2.19. The summed E-state index contributed by atoms with van der Waals surface area (Å²) in [6.07, 6.45) is 4.62. The van der Waals surface area contributed by atoms with E-state index in [0.29, 0.717) is 35.1 Å². The summed E-state index contributed by atoms with van der Waals surface area (Å²) in [6, 6.07) is 13.7. The molecule has 0 bridgehead atoms. The number of ether oxygens (including phenoxy) is 1. The number of imidazole rings is 1. The van der Waals surface area contributed by atoms with E-state index < -0.39 is 0 Å². The zero-order valence-corrected chi connectivity index (χ0v) is 22.2. The Bertz CT molecular complexity index is 1620. The first-order chi connectivity index (χ1) is 19.4. The molecule has 0 aliphatic carbocycles. The van der Waals surface area contributed by atoms with Crippen LogP contribution in [0.1, 0.15) is 45.1 Å². The van der Waals surface area contributed by atoms with E-state index in [0.717, 1.165) is 54.4 Å². The molecule has 4 aromatic rings. The summed E-state index contributed by atoms with van der Waals surface area (Å²) in [5, 5.41) is 22.5. The quantitative estimate of drug-likeness (QED) is 0.313. The molecule has 1 unspecified atom stereocenters. The molecule has 0 saturated carbocycles. The van der Waals surface area contributed by atoms with E-state index in [9.17, 15) is 10.1 Å². The first-order valence-corrected chi connectivity index (χ1v) is 12.8. The second kappa shape index (κ2) is 11.5. The lowest BCUT2D eigenvalue weighted by Crippen LogP contribution is -2.16. The van der Waals surface area contributed by atoms with E-state index in [1.165, 1.54) is 5.56 Å². The zero-order valence-electron chi connectivity index (χ0n) is 22.2. The van der Waals surface area contributed by atoms with Crippen molar-refractivity contribution in [3.05, 3.63) is 76.7 Å². The highest BCUT2D eigenvalue weighted by molar-refractivity contribution is 6.06. The fraction of sp³-hybridized carbons (Fsp3) is 0.276. The summed E-state index contributed by atoms with van der Waals surface area (Å²) in [6.45, 7) is 2.42. The number of nitrogens with one attached hydrogen (secondary N) is 2. The number of carbonyl (C=O) groups is 2. The first kappa shape index (κ1) is 26.8. The van der Waals surface area contributed by atoms with Gasteiger partial charge in [-0.25, -0.2) is 9.97 Å². The molecule has 1 amide bonds. The van der Waals surface area contributed by atoms with Crippen LogP contribution in [0.25, 0.3) is 16.9 Å². The molecule has 2 aliphatic rings. The Morgan fingerprint density at radius 1 is 1.30 bits per heavy atom. The summed E-state index contributed by atoms with van der Waals surface area (Å²) >= 11 is 0.